The maximum atomic E-state index is 12.7. The van der Waals surface area contributed by atoms with Crippen LogP contribution in [-0.4, -0.2) is 33.2 Å². The highest BCUT2D eigenvalue weighted by Crippen LogP contribution is 2.31. The van der Waals surface area contributed by atoms with Crippen LogP contribution < -0.4 is 10.2 Å². The predicted molar refractivity (Wildman–Crippen MR) is 93.1 cm³/mol. The topological polar surface area (TPSA) is 93.3 Å². The van der Waals surface area contributed by atoms with E-state index < -0.39 is 11.0 Å². The monoisotopic (exact) mass is 393 g/mol. The second kappa shape index (κ2) is 6.23. The van der Waals surface area contributed by atoms with Crippen molar-refractivity contribution in [2.24, 2.45) is 7.05 Å². The molecule has 0 radical (unpaired) electrons. The number of halogens is 1. The third-order valence-corrected chi connectivity index (χ3v) is 4.44. The van der Waals surface area contributed by atoms with Crippen LogP contribution in [0.1, 0.15) is 12.1 Å². The highest BCUT2D eigenvalue weighted by Gasteiger charge is 2.35. The van der Waals surface area contributed by atoms with Crippen molar-refractivity contribution in [1.82, 2.24) is 9.78 Å². The Bertz CT molecular complexity index is 819. The molecule has 0 saturated carbocycles. The van der Waals surface area contributed by atoms with Gasteiger partial charge in [-0.25, -0.2) is 0 Å². The molecule has 1 atom stereocenters. The Labute approximate surface area is 146 Å². The summed E-state index contributed by atoms with van der Waals surface area (Å²) < 4.78 is 2.28. The Morgan fingerprint density at radius 2 is 2.17 bits per heavy atom. The number of aryl methyl sites for hydroxylation is 2. The number of rotatable bonds is 4. The molecule has 126 valence electrons. The lowest BCUT2D eigenvalue weighted by Crippen LogP contribution is -2.34. The van der Waals surface area contributed by atoms with Crippen LogP contribution in [0.4, 0.5) is 17.2 Å². The standard InChI is InChI=1S/C15H16BrN5O3/c1-9-7-14(19(2)18-9)20-6-5-12(15(20)22)17-11-4-3-10(16)8-13(11)21(23)24/h3-4,7-8,12,17H,5-6H2,1-2H3. The second-order valence-corrected chi connectivity index (χ2v) is 6.58. The molecular weight excluding hydrogens is 378 g/mol. The Kier molecular flexibility index (Phi) is 4.27. The number of nitrogens with one attached hydrogen (secondary N) is 1. The summed E-state index contributed by atoms with van der Waals surface area (Å²) in [7, 11) is 1.79. The molecule has 0 aliphatic carbocycles. The van der Waals surface area contributed by atoms with E-state index in [1.54, 1.807) is 28.8 Å². The first-order valence-electron chi connectivity index (χ1n) is 7.39. The SMILES string of the molecule is Cc1cc(N2CCC(Nc3ccc(Br)cc3[N+](=O)[O-])C2=O)n(C)n1. The van der Waals surface area contributed by atoms with Crippen molar-refractivity contribution in [3.05, 3.63) is 44.5 Å². The summed E-state index contributed by atoms with van der Waals surface area (Å²) in [6.07, 6.45) is 0.566. The van der Waals surface area contributed by atoms with E-state index in [0.29, 0.717) is 23.1 Å². The zero-order valence-corrected chi connectivity index (χ0v) is 14.8. The van der Waals surface area contributed by atoms with Crippen LogP contribution in [0.25, 0.3) is 0 Å². The van der Waals surface area contributed by atoms with Gasteiger partial charge in [0.2, 0.25) is 0 Å². The zero-order valence-electron chi connectivity index (χ0n) is 13.2. The number of aromatic nitrogens is 2. The largest absolute Gasteiger partial charge is 0.368 e. The lowest BCUT2D eigenvalue weighted by Gasteiger charge is -2.17. The van der Waals surface area contributed by atoms with Crippen molar-refractivity contribution in [1.29, 1.82) is 0 Å². The van der Waals surface area contributed by atoms with Gasteiger partial charge in [-0.1, -0.05) is 15.9 Å². The molecule has 1 fully saturated rings. The average Bonchev–Trinajstić information content (AvgIpc) is 3.03. The summed E-state index contributed by atoms with van der Waals surface area (Å²) in [6.45, 7) is 2.41. The summed E-state index contributed by atoms with van der Waals surface area (Å²) in [5.74, 6) is 0.613. The van der Waals surface area contributed by atoms with E-state index >= 15 is 0 Å². The molecule has 9 heteroatoms. The molecule has 1 N–H and O–H groups in total. The van der Waals surface area contributed by atoms with Gasteiger partial charge < -0.3 is 5.32 Å². The van der Waals surface area contributed by atoms with Crippen molar-refractivity contribution in [3.63, 3.8) is 0 Å². The summed E-state index contributed by atoms with van der Waals surface area (Å²) >= 11 is 3.22. The fourth-order valence-electron chi connectivity index (χ4n) is 2.86. The number of benzene rings is 1. The van der Waals surface area contributed by atoms with Crippen LogP contribution >= 0.6 is 15.9 Å². The van der Waals surface area contributed by atoms with Crippen LogP contribution in [-0.2, 0) is 11.8 Å². The maximum absolute atomic E-state index is 12.7. The number of nitrogens with zero attached hydrogens (tertiary/aromatic N) is 4. The summed E-state index contributed by atoms with van der Waals surface area (Å²) in [4.78, 5) is 25.1. The minimum atomic E-state index is -0.500. The zero-order chi connectivity index (χ0) is 17.4. The smallest absolute Gasteiger partial charge is 0.293 e. The number of nitro benzene ring substituents is 1. The van der Waals surface area contributed by atoms with Crippen molar-refractivity contribution < 1.29 is 9.72 Å². The first-order chi connectivity index (χ1) is 11.4. The van der Waals surface area contributed by atoms with E-state index in [-0.39, 0.29) is 11.6 Å². The van der Waals surface area contributed by atoms with Gasteiger partial charge in [0.15, 0.2) is 0 Å². The van der Waals surface area contributed by atoms with Gasteiger partial charge in [-0.2, -0.15) is 5.10 Å². The van der Waals surface area contributed by atoms with Gasteiger partial charge in [-0.3, -0.25) is 24.5 Å². The lowest BCUT2D eigenvalue weighted by atomic mass is 10.2. The molecule has 2 aromatic rings. The lowest BCUT2D eigenvalue weighted by molar-refractivity contribution is -0.384. The second-order valence-electron chi connectivity index (χ2n) is 5.66. The Morgan fingerprint density at radius 1 is 1.42 bits per heavy atom. The molecule has 24 heavy (non-hydrogen) atoms. The van der Waals surface area contributed by atoms with Gasteiger partial charge in [0.1, 0.15) is 17.5 Å². The Balaban J connectivity index is 1.82. The van der Waals surface area contributed by atoms with Crippen molar-refractivity contribution in [2.75, 3.05) is 16.8 Å². The van der Waals surface area contributed by atoms with E-state index in [9.17, 15) is 14.9 Å². The van der Waals surface area contributed by atoms with Crippen LogP contribution in [0.3, 0.4) is 0 Å². The van der Waals surface area contributed by atoms with Gasteiger partial charge in [0, 0.05) is 30.2 Å². The number of hydrogen-bond acceptors (Lipinski definition) is 5. The van der Waals surface area contributed by atoms with E-state index in [2.05, 4.69) is 26.3 Å². The predicted octanol–water partition coefficient (Wildman–Crippen LogP) is 2.62. The minimum Gasteiger partial charge on any atom is -0.368 e. The fraction of sp³-hybridized carbons (Fsp3) is 0.333. The van der Waals surface area contributed by atoms with Crippen LogP contribution in [0, 0.1) is 17.0 Å². The maximum Gasteiger partial charge on any atom is 0.293 e. The molecule has 1 aromatic carbocycles. The van der Waals surface area contributed by atoms with Crippen molar-refractivity contribution >= 4 is 39.0 Å². The molecule has 1 aromatic heterocycles. The number of amides is 1. The molecule has 1 aliphatic heterocycles. The Morgan fingerprint density at radius 3 is 2.79 bits per heavy atom. The first-order valence-corrected chi connectivity index (χ1v) is 8.18. The number of anilines is 2. The molecule has 3 rings (SSSR count). The number of carbonyl (C=O) groups is 1. The normalized spacial score (nSPS) is 17.4. The van der Waals surface area contributed by atoms with Gasteiger partial charge in [0.25, 0.3) is 11.6 Å². The quantitative estimate of drug-likeness (QED) is 0.636. The van der Waals surface area contributed by atoms with E-state index in [1.807, 2.05) is 13.0 Å². The van der Waals surface area contributed by atoms with Gasteiger partial charge in [-0.15, -0.1) is 0 Å². The molecule has 1 unspecified atom stereocenters. The van der Waals surface area contributed by atoms with Gasteiger partial charge in [-0.05, 0) is 25.5 Å². The van der Waals surface area contributed by atoms with Gasteiger partial charge in [0.05, 0.1) is 10.6 Å². The molecule has 1 saturated heterocycles. The average molecular weight is 394 g/mol. The van der Waals surface area contributed by atoms with Gasteiger partial charge >= 0.3 is 0 Å². The highest BCUT2D eigenvalue weighted by atomic mass is 79.9. The minimum absolute atomic E-state index is 0.0630. The van der Waals surface area contributed by atoms with Crippen molar-refractivity contribution in [2.45, 2.75) is 19.4 Å². The van der Waals surface area contributed by atoms with E-state index in [4.69, 9.17) is 0 Å². The highest BCUT2D eigenvalue weighted by molar-refractivity contribution is 9.10. The molecule has 8 nitrogen and oxygen atoms in total. The van der Waals surface area contributed by atoms with E-state index in [1.165, 1.54) is 6.07 Å². The Hall–Kier alpha value is -2.42. The first kappa shape index (κ1) is 16.4. The molecule has 0 bridgehead atoms. The number of nitro groups is 1. The van der Waals surface area contributed by atoms with Crippen molar-refractivity contribution in [3.8, 4) is 0 Å². The molecular formula is C15H16BrN5O3. The van der Waals surface area contributed by atoms with Crippen LogP contribution in [0.5, 0.6) is 0 Å². The van der Waals surface area contributed by atoms with Crippen LogP contribution in [0.2, 0.25) is 0 Å². The van der Waals surface area contributed by atoms with E-state index in [0.717, 1.165) is 11.5 Å². The summed E-state index contributed by atoms with van der Waals surface area (Å²) in [5.41, 5.74) is 1.11. The fourth-order valence-corrected chi connectivity index (χ4v) is 3.21. The number of carbonyl (C=O) groups excluding carboxylic acids is 1. The van der Waals surface area contributed by atoms with Crippen LogP contribution in [0.15, 0.2) is 28.7 Å². The molecule has 2 heterocycles. The summed E-state index contributed by atoms with van der Waals surface area (Å²) in [5, 5.41) is 18.5. The molecule has 1 amide bonds. The third kappa shape index (κ3) is 2.99. The number of hydrogen-bond donors (Lipinski definition) is 1. The molecule has 1 aliphatic rings. The summed E-state index contributed by atoms with van der Waals surface area (Å²) in [6, 6.07) is 6.08. The third-order valence-electron chi connectivity index (χ3n) is 3.95. The molecule has 0 spiro atoms.